The molecule has 0 fully saturated rings. The smallest absolute Gasteiger partial charge is 0.119 e. The van der Waals surface area contributed by atoms with Crippen LogP contribution in [0.1, 0.15) is 11.8 Å². The second kappa shape index (κ2) is 7.63. The summed E-state index contributed by atoms with van der Waals surface area (Å²) in [4.78, 5) is 1.86. The number of nitriles is 1. The summed E-state index contributed by atoms with van der Waals surface area (Å²) in [6.45, 7) is 2.57. The minimum Gasteiger partial charge on any atom is -0.490 e. The Labute approximate surface area is 146 Å². The average Bonchev–Trinajstić information content (AvgIpc) is 3.12. The van der Waals surface area contributed by atoms with Crippen molar-refractivity contribution in [2.45, 2.75) is 6.92 Å². The summed E-state index contributed by atoms with van der Waals surface area (Å²) in [6, 6.07) is 22.6. The highest BCUT2D eigenvalue weighted by molar-refractivity contribution is 7.16. The molecular formula is C21H17NOS. The third kappa shape index (κ3) is 3.73. The van der Waals surface area contributed by atoms with Crippen LogP contribution < -0.4 is 4.74 Å². The van der Waals surface area contributed by atoms with Crippen molar-refractivity contribution >= 4 is 11.3 Å². The number of rotatable bonds is 5. The van der Waals surface area contributed by atoms with Gasteiger partial charge in [0.15, 0.2) is 0 Å². The van der Waals surface area contributed by atoms with Gasteiger partial charge < -0.3 is 4.74 Å². The molecule has 0 atom stereocenters. The summed E-state index contributed by atoms with van der Waals surface area (Å²) in [5.74, 6) is 0.871. The molecule has 0 unspecified atom stereocenters. The number of nitrogens with zero attached hydrogens (tertiary/aromatic N) is 1. The third-order valence-electron chi connectivity index (χ3n) is 3.66. The topological polar surface area (TPSA) is 33.0 Å². The molecular weight excluding hydrogens is 314 g/mol. The summed E-state index contributed by atoms with van der Waals surface area (Å²) < 4.78 is 5.62. The van der Waals surface area contributed by atoms with E-state index in [2.05, 4.69) is 42.5 Å². The second-order valence-electron chi connectivity index (χ2n) is 5.26. The minimum absolute atomic E-state index is 0.593. The molecule has 0 aliphatic carbocycles. The zero-order valence-electron chi connectivity index (χ0n) is 13.4. The molecule has 1 heterocycles. The van der Waals surface area contributed by atoms with Gasteiger partial charge in [0.2, 0.25) is 0 Å². The summed E-state index contributed by atoms with van der Waals surface area (Å²) >= 11 is 1.52. The quantitative estimate of drug-likeness (QED) is 0.545. The van der Waals surface area contributed by atoms with Crippen LogP contribution in [0.15, 0.2) is 72.8 Å². The van der Waals surface area contributed by atoms with Crippen molar-refractivity contribution < 1.29 is 4.74 Å². The minimum atomic E-state index is 0.593. The molecule has 0 spiro atoms. The van der Waals surface area contributed by atoms with Crippen LogP contribution in [0.4, 0.5) is 0 Å². The lowest BCUT2D eigenvalue weighted by Gasteiger charge is -2.06. The normalized spacial score (nSPS) is 10.7. The zero-order chi connectivity index (χ0) is 16.8. The summed E-state index contributed by atoms with van der Waals surface area (Å²) in [5, 5.41) is 8.93. The Balaban J connectivity index is 1.74. The lowest BCUT2D eigenvalue weighted by atomic mass is 10.0. The van der Waals surface area contributed by atoms with Crippen molar-refractivity contribution in [2.75, 3.05) is 6.61 Å². The van der Waals surface area contributed by atoms with Crippen LogP contribution in [0.3, 0.4) is 0 Å². The van der Waals surface area contributed by atoms with Gasteiger partial charge in [-0.3, -0.25) is 0 Å². The molecule has 0 aliphatic heterocycles. The Hall–Kier alpha value is -2.83. The standard InChI is InChI=1S/C21H17NOS/c1-2-3-14-23-19-10-8-17(9-11-19)16-4-6-18(7-5-16)21-13-12-20(15-22)24-21/h2-13H,14H2,1H3. The van der Waals surface area contributed by atoms with E-state index in [0.717, 1.165) is 32.2 Å². The average molecular weight is 331 g/mol. The highest BCUT2D eigenvalue weighted by Crippen LogP contribution is 2.30. The molecule has 1 aromatic heterocycles. The number of thiophene rings is 1. The van der Waals surface area contributed by atoms with Gasteiger partial charge in [-0.25, -0.2) is 0 Å². The predicted octanol–water partition coefficient (Wildman–Crippen LogP) is 5.91. The SMILES string of the molecule is CC=CCOc1ccc(-c2ccc(-c3ccc(C#N)s3)cc2)cc1. The fourth-order valence-electron chi connectivity index (χ4n) is 2.36. The molecule has 118 valence electrons. The van der Waals surface area contributed by atoms with Crippen LogP contribution in [0.25, 0.3) is 21.6 Å². The van der Waals surface area contributed by atoms with Crippen molar-refractivity contribution in [1.82, 2.24) is 0 Å². The van der Waals surface area contributed by atoms with Crippen LogP contribution in [0, 0.1) is 11.3 Å². The first-order valence-electron chi connectivity index (χ1n) is 7.75. The molecule has 0 N–H and O–H groups in total. The Morgan fingerprint density at radius 1 is 0.917 bits per heavy atom. The predicted molar refractivity (Wildman–Crippen MR) is 100 cm³/mol. The van der Waals surface area contributed by atoms with E-state index >= 15 is 0 Å². The summed E-state index contributed by atoms with van der Waals surface area (Å²) in [5.41, 5.74) is 3.45. The van der Waals surface area contributed by atoms with E-state index in [1.165, 1.54) is 11.3 Å². The highest BCUT2D eigenvalue weighted by atomic mass is 32.1. The molecule has 0 saturated carbocycles. The van der Waals surface area contributed by atoms with Crippen molar-refractivity contribution in [3.05, 3.63) is 77.7 Å². The Bertz CT molecular complexity index is 867. The summed E-state index contributed by atoms with van der Waals surface area (Å²) in [6.07, 6.45) is 3.96. The maximum absolute atomic E-state index is 8.93. The Morgan fingerprint density at radius 3 is 2.12 bits per heavy atom. The number of allylic oxidation sites excluding steroid dienone is 1. The molecule has 2 nitrogen and oxygen atoms in total. The van der Waals surface area contributed by atoms with Gasteiger partial charge in [-0.2, -0.15) is 5.26 Å². The molecule has 0 aliphatic rings. The van der Waals surface area contributed by atoms with Gasteiger partial charge in [-0.05, 0) is 47.9 Å². The van der Waals surface area contributed by atoms with Crippen molar-refractivity contribution in [2.24, 2.45) is 0 Å². The fraction of sp³-hybridized carbons (Fsp3) is 0.0952. The Morgan fingerprint density at radius 2 is 1.54 bits per heavy atom. The lowest BCUT2D eigenvalue weighted by Crippen LogP contribution is -1.92. The first kappa shape index (κ1) is 16.0. The molecule has 2 aromatic carbocycles. The lowest BCUT2D eigenvalue weighted by molar-refractivity contribution is 0.363. The van der Waals surface area contributed by atoms with E-state index in [4.69, 9.17) is 10.00 Å². The van der Waals surface area contributed by atoms with Crippen LogP contribution >= 0.6 is 11.3 Å². The molecule has 0 bridgehead atoms. The summed E-state index contributed by atoms with van der Waals surface area (Å²) in [7, 11) is 0. The van der Waals surface area contributed by atoms with Gasteiger partial charge in [-0.1, -0.05) is 48.6 Å². The van der Waals surface area contributed by atoms with E-state index in [1.807, 2.05) is 43.3 Å². The van der Waals surface area contributed by atoms with Crippen molar-refractivity contribution in [3.8, 4) is 33.4 Å². The Kier molecular flexibility index (Phi) is 5.10. The monoisotopic (exact) mass is 331 g/mol. The largest absolute Gasteiger partial charge is 0.490 e. The van der Waals surface area contributed by atoms with Crippen molar-refractivity contribution in [1.29, 1.82) is 5.26 Å². The van der Waals surface area contributed by atoms with Gasteiger partial charge in [0, 0.05) is 4.88 Å². The van der Waals surface area contributed by atoms with Gasteiger partial charge in [0.1, 0.15) is 23.3 Å². The van der Waals surface area contributed by atoms with E-state index in [0.29, 0.717) is 6.61 Å². The first-order valence-corrected chi connectivity index (χ1v) is 8.56. The van der Waals surface area contributed by atoms with Gasteiger partial charge >= 0.3 is 0 Å². The molecule has 3 rings (SSSR count). The molecule has 0 radical (unpaired) electrons. The van der Waals surface area contributed by atoms with Gasteiger partial charge in [0.05, 0.1) is 0 Å². The van der Waals surface area contributed by atoms with Crippen molar-refractivity contribution in [3.63, 3.8) is 0 Å². The first-order chi connectivity index (χ1) is 11.8. The molecule has 3 heteroatoms. The van der Waals surface area contributed by atoms with Gasteiger partial charge in [0.25, 0.3) is 0 Å². The van der Waals surface area contributed by atoms with Crippen LogP contribution in [0.2, 0.25) is 0 Å². The number of hydrogen-bond donors (Lipinski definition) is 0. The van der Waals surface area contributed by atoms with Crippen LogP contribution in [-0.4, -0.2) is 6.61 Å². The number of hydrogen-bond acceptors (Lipinski definition) is 3. The van der Waals surface area contributed by atoms with Crippen LogP contribution in [-0.2, 0) is 0 Å². The molecule has 0 saturated heterocycles. The van der Waals surface area contributed by atoms with E-state index in [-0.39, 0.29) is 0 Å². The maximum Gasteiger partial charge on any atom is 0.119 e. The van der Waals surface area contributed by atoms with E-state index in [9.17, 15) is 0 Å². The third-order valence-corrected chi connectivity index (χ3v) is 4.69. The zero-order valence-corrected chi connectivity index (χ0v) is 14.2. The molecule has 0 amide bonds. The maximum atomic E-state index is 8.93. The van der Waals surface area contributed by atoms with E-state index in [1.54, 1.807) is 0 Å². The van der Waals surface area contributed by atoms with Crippen LogP contribution in [0.5, 0.6) is 5.75 Å². The number of ether oxygens (including phenoxy) is 1. The highest BCUT2D eigenvalue weighted by Gasteiger charge is 2.04. The van der Waals surface area contributed by atoms with E-state index < -0.39 is 0 Å². The molecule has 24 heavy (non-hydrogen) atoms. The van der Waals surface area contributed by atoms with Gasteiger partial charge in [-0.15, -0.1) is 11.3 Å². The second-order valence-corrected chi connectivity index (χ2v) is 6.34. The number of benzene rings is 2. The fourth-order valence-corrected chi connectivity index (χ4v) is 3.17. The molecule has 3 aromatic rings.